The van der Waals surface area contributed by atoms with Gasteiger partial charge in [0.05, 0.1) is 46.5 Å². The molecule has 1 saturated heterocycles. The number of hydrogen-bond acceptors (Lipinski definition) is 6. The first kappa shape index (κ1) is 30.4. The quantitative estimate of drug-likeness (QED) is 0.193. The van der Waals surface area contributed by atoms with E-state index >= 15 is 0 Å². The number of oxime groups is 1. The van der Waals surface area contributed by atoms with Crippen molar-refractivity contribution in [2.75, 3.05) is 47.3 Å². The number of rotatable bonds is 8. The number of quaternary nitrogens is 1. The molecule has 5 aliphatic rings. The number of hydrogen-bond donors (Lipinski definition) is 1. The summed E-state index contributed by atoms with van der Waals surface area (Å²) >= 11 is 0. The molecule has 7 atom stereocenters. The molecular formula is C33H53N4O4+. The molecule has 8 nitrogen and oxygen atoms in total. The highest BCUT2D eigenvalue weighted by atomic mass is 16.7. The maximum atomic E-state index is 13.3. The number of amides is 1. The van der Waals surface area contributed by atoms with Crippen LogP contribution in [0.1, 0.15) is 85.0 Å². The molecule has 0 aromatic heterocycles. The second-order valence-corrected chi connectivity index (χ2v) is 15.3. The fourth-order valence-electron chi connectivity index (χ4n) is 9.39. The molecule has 3 saturated carbocycles. The molecule has 1 amide bonds. The summed E-state index contributed by atoms with van der Waals surface area (Å²) in [5, 5.41) is 7.75. The van der Waals surface area contributed by atoms with Crippen molar-refractivity contribution in [1.82, 2.24) is 10.2 Å². The summed E-state index contributed by atoms with van der Waals surface area (Å²) in [6.07, 6.45) is 11.5. The highest BCUT2D eigenvalue weighted by molar-refractivity contribution is 5.91. The molecule has 228 valence electrons. The number of likely N-dealkylation sites (N-methyl/N-ethyl adjacent to an activating group) is 1. The SMILES string of the molecule is C/C(=N\OC(=O)N(CCC1CC(=O)CN1)CC[N+](C)(C)C)[C@H]1CC[C@H]2[C@@H]3CCC4=CC(=O)CC[C@]4(C)[C@H]3CC[C@]12C. The van der Waals surface area contributed by atoms with E-state index in [1.165, 1.54) is 31.3 Å². The number of allylic oxidation sites excluding steroid dienone is 1. The average molecular weight is 570 g/mol. The van der Waals surface area contributed by atoms with Crippen LogP contribution in [0.3, 0.4) is 0 Å². The number of fused-ring (bicyclic) bond motifs is 5. The number of nitrogens with zero attached hydrogens (tertiary/aromatic N) is 3. The van der Waals surface area contributed by atoms with Crippen molar-refractivity contribution in [1.29, 1.82) is 0 Å². The molecule has 0 radical (unpaired) electrons. The zero-order valence-electron chi connectivity index (χ0n) is 26.3. The molecule has 1 aliphatic heterocycles. The summed E-state index contributed by atoms with van der Waals surface area (Å²) in [4.78, 5) is 44.5. The second-order valence-electron chi connectivity index (χ2n) is 15.3. The lowest BCUT2D eigenvalue weighted by molar-refractivity contribution is -0.869. The molecule has 0 spiro atoms. The highest BCUT2D eigenvalue weighted by Crippen LogP contribution is 2.66. The highest BCUT2D eigenvalue weighted by Gasteiger charge is 2.59. The van der Waals surface area contributed by atoms with Crippen molar-refractivity contribution >= 4 is 23.4 Å². The minimum atomic E-state index is -0.392. The fraction of sp³-hybridized carbons (Fsp3) is 0.818. The number of Topliss-reactive ketones (excluding diaryl/α,β-unsaturated/α-hetero) is 1. The maximum absolute atomic E-state index is 13.3. The molecule has 0 aromatic carbocycles. The Morgan fingerprint density at radius 1 is 1.07 bits per heavy atom. The van der Waals surface area contributed by atoms with Gasteiger partial charge in [0.25, 0.3) is 0 Å². The van der Waals surface area contributed by atoms with Gasteiger partial charge in [0.2, 0.25) is 0 Å². The number of carbonyl (C=O) groups is 3. The molecule has 4 fully saturated rings. The van der Waals surface area contributed by atoms with Gasteiger partial charge in [-0.15, -0.1) is 0 Å². The molecule has 5 rings (SSSR count). The number of ketones is 2. The van der Waals surface area contributed by atoms with E-state index < -0.39 is 6.09 Å². The third kappa shape index (κ3) is 6.20. The van der Waals surface area contributed by atoms with E-state index in [4.69, 9.17) is 4.84 Å². The van der Waals surface area contributed by atoms with Crippen molar-refractivity contribution in [2.45, 2.75) is 91.0 Å². The molecule has 8 heteroatoms. The smallest absolute Gasteiger partial charge is 0.329 e. The molecule has 0 bridgehead atoms. The van der Waals surface area contributed by atoms with Gasteiger partial charge in [0.1, 0.15) is 5.78 Å². The first-order valence-electron chi connectivity index (χ1n) is 16.1. The van der Waals surface area contributed by atoms with Crippen LogP contribution in [0.25, 0.3) is 0 Å². The lowest BCUT2D eigenvalue weighted by atomic mass is 9.46. The number of nitrogens with one attached hydrogen (secondary N) is 1. The van der Waals surface area contributed by atoms with Crippen LogP contribution in [0.15, 0.2) is 16.8 Å². The monoisotopic (exact) mass is 569 g/mol. The van der Waals surface area contributed by atoms with E-state index in [2.05, 4.69) is 52.4 Å². The molecule has 0 aromatic rings. The largest absolute Gasteiger partial charge is 0.436 e. The third-order valence-electron chi connectivity index (χ3n) is 11.8. The molecule has 4 aliphatic carbocycles. The van der Waals surface area contributed by atoms with Crippen LogP contribution in [0, 0.1) is 34.5 Å². The van der Waals surface area contributed by atoms with Crippen molar-refractivity contribution in [3.05, 3.63) is 11.6 Å². The van der Waals surface area contributed by atoms with Gasteiger partial charge in [-0.25, -0.2) is 4.79 Å². The van der Waals surface area contributed by atoms with Crippen LogP contribution in [-0.2, 0) is 14.4 Å². The van der Waals surface area contributed by atoms with Crippen molar-refractivity contribution < 1.29 is 23.7 Å². The van der Waals surface area contributed by atoms with Crippen molar-refractivity contribution in [3.8, 4) is 0 Å². The lowest BCUT2D eigenvalue weighted by Gasteiger charge is -2.58. The molecule has 41 heavy (non-hydrogen) atoms. The van der Waals surface area contributed by atoms with Crippen LogP contribution in [0.4, 0.5) is 4.79 Å². The van der Waals surface area contributed by atoms with Crippen molar-refractivity contribution in [3.63, 3.8) is 0 Å². The van der Waals surface area contributed by atoms with Gasteiger partial charge in [-0.05, 0) is 93.0 Å². The van der Waals surface area contributed by atoms with Gasteiger partial charge in [-0.3, -0.25) is 14.4 Å². The fourth-order valence-corrected chi connectivity index (χ4v) is 9.39. The Kier molecular flexibility index (Phi) is 8.57. The maximum Gasteiger partial charge on any atom is 0.436 e. The summed E-state index contributed by atoms with van der Waals surface area (Å²) < 4.78 is 0.753. The molecule has 1 unspecified atom stereocenters. The Bertz CT molecular complexity index is 1110. The Morgan fingerprint density at radius 2 is 1.85 bits per heavy atom. The zero-order chi connectivity index (χ0) is 29.6. The van der Waals surface area contributed by atoms with Gasteiger partial charge in [-0.2, -0.15) is 0 Å². The Morgan fingerprint density at radius 3 is 2.56 bits per heavy atom. The van der Waals surface area contributed by atoms with E-state index in [0.29, 0.717) is 61.9 Å². The molecule has 1 heterocycles. The summed E-state index contributed by atoms with van der Waals surface area (Å²) in [7, 11) is 6.35. The van der Waals surface area contributed by atoms with Crippen molar-refractivity contribution in [2.24, 2.45) is 39.7 Å². The Balaban J connectivity index is 1.24. The van der Waals surface area contributed by atoms with Gasteiger partial charge in [-0.1, -0.05) is 24.6 Å². The van der Waals surface area contributed by atoms with Crippen LogP contribution >= 0.6 is 0 Å². The first-order valence-corrected chi connectivity index (χ1v) is 16.1. The van der Waals surface area contributed by atoms with Crippen LogP contribution in [0.5, 0.6) is 0 Å². The van der Waals surface area contributed by atoms with E-state index in [-0.39, 0.29) is 22.7 Å². The summed E-state index contributed by atoms with van der Waals surface area (Å²) in [5.41, 5.74) is 2.73. The van der Waals surface area contributed by atoms with Crippen LogP contribution < -0.4 is 5.32 Å². The minimum Gasteiger partial charge on any atom is -0.329 e. The topological polar surface area (TPSA) is 88.1 Å². The van der Waals surface area contributed by atoms with Crippen LogP contribution in [-0.4, -0.2) is 86.1 Å². The second kappa shape index (κ2) is 11.6. The summed E-state index contributed by atoms with van der Waals surface area (Å²) in [5.74, 6) is 2.91. The van der Waals surface area contributed by atoms with E-state index in [1.807, 2.05) is 6.08 Å². The van der Waals surface area contributed by atoms with Gasteiger partial charge < -0.3 is 14.7 Å². The van der Waals surface area contributed by atoms with Gasteiger partial charge in [0.15, 0.2) is 5.78 Å². The third-order valence-corrected chi connectivity index (χ3v) is 11.8. The Hall–Kier alpha value is -2.06. The zero-order valence-corrected chi connectivity index (χ0v) is 26.3. The predicted molar refractivity (Wildman–Crippen MR) is 160 cm³/mol. The van der Waals surface area contributed by atoms with E-state index in [1.54, 1.807) is 4.90 Å². The van der Waals surface area contributed by atoms with E-state index in [0.717, 1.165) is 42.4 Å². The van der Waals surface area contributed by atoms with Gasteiger partial charge >= 0.3 is 6.09 Å². The predicted octanol–water partition coefficient (Wildman–Crippen LogP) is 4.98. The van der Waals surface area contributed by atoms with Gasteiger partial charge in [0, 0.05) is 31.3 Å². The number of carbonyl (C=O) groups excluding carboxylic acids is 3. The molecular weight excluding hydrogens is 516 g/mol. The standard InChI is InChI=1S/C33H53N4O4/c1-22(35-41-31(40)36(17-18-37(4,5)6)16-13-24-20-26(39)21-34-24)28-9-10-29-27-8-7-23-19-25(38)11-14-32(23,2)30(27)12-15-33(28,29)3/h19,24,27-30,34H,7-18,20-21H2,1-6H3/q+1/b35-22+/t24?,27-,28+,29-,30-,32-,33+/m0/s1. The lowest BCUT2D eigenvalue weighted by Crippen LogP contribution is -2.51. The normalized spacial score (nSPS) is 37.3. The minimum absolute atomic E-state index is 0.125. The van der Waals surface area contributed by atoms with E-state index in [9.17, 15) is 14.4 Å². The first-order chi connectivity index (χ1) is 19.3. The molecule has 1 N–H and O–H groups in total. The summed E-state index contributed by atoms with van der Waals surface area (Å²) in [6.45, 7) is 9.33. The summed E-state index contributed by atoms with van der Waals surface area (Å²) in [6, 6.07) is 0.125. The Labute approximate surface area is 246 Å². The average Bonchev–Trinajstić information content (AvgIpc) is 3.49. The van der Waals surface area contributed by atoms with Crippen LogP contribution in [0.2, 0.25) is 0 Å².